The Balaban J connectivity index is 1.66. The van der Waals surface area contributed by atoms with Crippen molar-refractivity contribution in [3.63, 3.8) is 0 Å². The highest BCUT2D eigenvalue weighted by atomic mass is 16.6. The van der Waals surface area contributed by atoms with Crippen molar-refractivity contribution in [3.8, 4) is 0 Å². The van der Waals surface area contributed by atoms with Gasteiger partial charge >= 0.3 is 6.09 Å². The smallest absolute Gasteiger partial charge is 0.407 e. The third-order valence-corrected chi connectivity index (χ3v) is 4.04. The fourth-order valence-corrected chi connectivity index (χ4v) is 2.97. The first kappa shape index (κ1) is 16.1. The Morgan fingerprint density at radius 3 is 3.00 bits per heavy atom. The van der Waals surface area contributed by atoms with Crippen molar-refractivity contribution in [1.82, 2.24) is 5.32 Å². The highest BCUT2D eigenvalue weighted by Crippen LogP contribution is 2.39. The number of anilines is 1. The monoisotopic (exact) mass is 320 g/mol. The van der Waals surface area contributed by atoms with Crippen LogP contribution in [0, 0.1) is 0 Å². The summed E-state index contributed by atoms with van der Waals surface area (Å²) in [4.78, 5) is 11.7. The lowest BCUT2D eigenvalue weighted by atomic mass is 9.89. The third kappa shape index (κ3) is 3.76. The molecule has 2 aliphatic rings. The topological polar surface area (TPSA) is 79.8 Å². The van der Waals surface area contributed by atoms with E-state index in [4.69, 9.17) is 9.47 Å². The van der Waals surface area contributed by atoms with Crippen LogP contribution in [0.25, 0.3) is 0 Å². The van der Waals surface area contributed by atoms with Crippen molar-refractivity contribution in [2.45, 2.75) is 57.6 Å². The molecule has 3 N–H and O–H groups in total. The SMILES string of the molecule is CC(C)(C)OC(=O)NCc1ccc2c(c1)[C@@H]1C[C@@H](N2)[C@H](O)CO1. The number of amides is 1. The van der Waals surface area contributed by atoms with Gasteiger partial charge in [-0.2, -0.15) is 0 Å². The van der Waals surface area contributed by atoms with Crippen LogP contribution < -0.4 is 10.6 Å². The van der Waals surface area contributed by atoms with Crippen LogP contribution in [0.2, 0.25) is 0 Å². The predicted octanol–water partition coefficient (Wildman–Crippen LogP) is 2.33. The van der Waals surface area contributed by atoms with Crippen molar-refractivity contribution in [2.75, 3.05) is 11.9 Å². The molecule has 1 aromatic carbocycles. The second-order valence-electron chi connectivity index (χ2n) is 7.15. The zero-order chi connectivity index (χ0) is 16.6. The maximum absolute atomic E-state index is 11.7. The molecule has 2 aliphatic heterocycles. The number of rotatable bonds is 2. The number of fused-ring (bicyclic) bond motifs is 4. The molecule has 2 heterocycles. The summed E-state index contributed by atoms with van der Waals surface area (Å²) >= 11 is 0. The van der Waals surface area contributed by atoms with Crippen LogP contribution in [0.15, 0.2) is 18.2 Å². The summed E-state index contributed by atoms with van der Waals surface area (Å²) in [6.07, 6.45) is -0.128. The maximum Gasteiger partial charge on any atom is 0.407 e. The summed E-state index contributed by atoms with van der Waals surface area (Å²) in [5, 5.41) is 16.0. The molecule has 0 spiro atoms. The zero-order valence-corrected chi connectivity index (χ0v) is 13.8. The van der Waals surface area contributed by atoms with Crippen LogP contribution >= 0.6 is 0 Å². The van der Waals surface area contributed by atoms with Crippen molar-refractivity contribution in [1.29, 1.82) is 0 Å². The van der Waals surface area contributed by atoms with E-state index < -0.39 is 17.8 Å². The largest absolute Gasteiger partial charge is 0.444 e. The summed E-state index contributed by atoms with van der Waals surface area (Å²) in [6.45, 7) is 6.26. The average Bonchev–Trinajstić information content (AvgIpc) is 2.47. The summed E-state index contributed by atoms with van der Waals surface area (Å²) in [5.74, 6) is 0. The number of hydrogen-bond acceptors (Lipinski definition) is 5. The van der Waals surface area contributed by atoms with Crippen LogP contribution in [0.5, 0.6) is 0 Å². The molecule has 0 saturated carbocycles. The number of aliphatic hydroxyl groups is 1. The number of carbonyl (C=O) groups is 1. The minimum atomic E-state index is -0.504. The van der Waals surface area contributed by atoms with Gasteiger partial charge in [0.15, 0.2) is 0 Å². The zero-order valence-electron chi connectivity index (χ0n) is 13.8. The minimum Gasteiger partial charge on any atom is -0.444 e. The Morgan fingerprint density at radius 1 is 1.48 bits per heavy atom. The molecular weight excluding hydrogens is 296 g/mol. The molecule has 23 heavy (non-hydrogen) atoms. The number of ether oxygens (including phenoxy) is 2. The van der Waals surface area contributed by atoms with Gasteiger partial charge < -0.3 is 25.2 Å². The van der Waals surface area contributed by atoms with Crippen LogP contribution in [0.1, 0.15) is 44.4 Å². The minimum absolute atomic E-state index is 0.00104. The van der Waals surface area contributed by atoms with E-state index >= 15 is 0 Å². The lowest BCUT2D eigenvalue weighted by Gasteiger charge is -2.40. The van der Waals surface area contributed by atoms with E-state index in [1.165, 1.54) is 0 Å². The second-order valence-corrected chi connectivity index (χ2v) is 7.15. The number of aliphatic hydroxyl groups excluding tert-OH is 1. The van der Waals surface area contributed by atoms with Crippen molar-refractivity contribution >= 4 is 11.8 Å². The molecule has 126 valence electrons. The van der Waals surface area contributed by atoms with E-state index in [0.29, 0.717) is 13.2 Å². The van der Waals surface area contributed by atoms with Gasteiger partial charge in [-0.25, -0.2) is 4.79 Å². The Bertz CT molecular complexity index is 597. The highest BCUT2D eigenvalue weighted by molar-refractivity contribution is 5.67. The molecule has 1 fully saturated rings. The molecule has 0 aromatic heterocycles. The molecule has 2 bridgehead atoms. The molecule has 3 rings (SSSR count). The molecule has 1 saturated heterocycles. The molecule has 0 radical (unpaired) electrons. The van der Waals surface area contributed by atoms with Gasteiger partial charge in [-0.15, -0.1) is 0 Å². The second kappa shape index (κ2) is 6.02. The first-order valence-corrected chi connectivity index (χ1v) is 7.98. The van der Waals surface area contributed by atoms with Gasteiger partial charge in [0, 0.05) is 24.2 Å². The van der Waals surface area contributed by atoms with Gasteiger partial charge in [0.2, 0.25) is 0 Å². The van der Waals surface area contributed by atoms with Gasteiger partial charge in [-0.3, -0.25) is 0 Å². The van der Waals surface area contributed by atoms with Crippen LogP contribution in [-0.2, 0) is 16.0 Å². The van der Waals surface area contributed by atoms with Crippen molar-refractivity contribution < 1.29 is 19.4 Å². The van der Waals surface area contributed by atoms with Gasteiger partial charge in [-0.05, 0) is 38.5 Å². The Labute approximate surface area is 136 Å². The fourth-order valence-electron chi connectivity index (χ4n) is 2.97. The third-order valence-electron chi connectivity index (χ3n) is 4.04. The quantitative estimate of drug-likeness (QED) is 0.779. The standard InChI is InChI=1S/C17H24N2O4/c1-17(2,3)23-16(21)18-8-10-4-5-12-11(6-10)15-7-13(19-12)14(20)9-22-15/h4-6,13-15,19-20H,7-9H2,1-3H3,(H,18,21)/t13-,14-,15+/m1/s1. The molecule has 3 atom stereocenters. The number of carbonyl (C=O) groups excluding carboxylic acids is 1. The lowest BCUT2D eigenvalue weighted by Crippen LogP contribution is -2.46. The molecule has 6 heteroatoms. The normalized spacial score (nSPS) is 26.0. The van der Waals surface area contributed by atoms with E-state index in [0.717, 1.165) is 23.2 Å². The van der Waals surface area contributed by atoms with Crippen molar-refractivity contribution in [2.24, 2.45) is 0 Å². The number of hydrogen-bond donors (Lipinski definition) is 3. The first-order valence-electron chi connectivity index (χ1n) is 7.98. The van der Waals surface area contributed by atoms with Gasteiger partial charge in [-0.1, -0.05) is 6.07 Å². The summed E-state index contributed by atoms with van der Waals surface area (Å²) in [6, 6.07) is 6.02. The van der Waals surface area contributed by atoms with E-state index in [1.54, 1.807) is 0 Å². The van der Waals surface area contributed by atoms with E-state index in [1.807, 2.05) is 39.0 Å². The van der Waals surface area contributed by atoms with E-state index in [-0.39, 0.29) is 12.1 Å². The first-order chi connectivity index (χ1) is 10.8. The maximum atomic E-state index is 11.7. The molecule has 1 amide bonds. The van der Waals surface area contributed by atoms with Crippen molar-refractivity contribution in [3.05, 3.63) is 29.3 Å². The molecular formula is C17H24N2O4. The van der Waals surface area contributed by atoms with Crippen LogP contribution in [-0.4, -0.2) is 35.6 Å². The van der Waals surface area contributed by atoms with Gasteiger partial charge in [0.05, 0.1) is 24.9 Å². The number of nitrogens with one attached hydrogen (secondary N) is 2. The summed E-state index contributed by atoms with van der Waals surface area (Å²) in [7, 11) is 0. The van der Waals surface area contributed by atoms with Crippen LogP contribution in [0.3, 0.4) is 0 Å². The lowest BCUT2D eigenvalue weighted by molar-refractivity contribution is -0.0672. The average molecular weight is 320 g/mol. The fraction of sp³-hybridized carbons (Fsp3) is 0.588. The van der Waals surface area contributed by atoms with Gasteiger partial charge in [0.1, 0.15) is 5.60 Å². The highest BCUT2D eigenvalue weighted by Gasteiger charge is 2.36. The molecule has 1 aromatic rings. The number of benzene rings is 1. The molecule has 0 unspecified atom stereocenters. The molecule has 0 aliphatic carbocycles. The summed E-state index contributed by atoms with van der Waals surface area (Å²) in [5.41, 5.74) is 2.56. The molecule has 6 nitrogen and oxygen atoms in total. The number of alkyl carbamates (subject to hydrolysis) is 1. The van der Waals surface area contributed by atoms with E-state index in [9.17, 15) is 9.90 Å². The van der Waals surface area contributed by atoms with Gasteiger partial charge in [0.25, 0.3) is 0 Å². The Kier molecular flexibility index (Phi) is 4.21. The predicted molar refractivity (Wildman–Crippen MR) is 86.2 cm³/mol. The van der Waals surface area contributed by atoms with Crippen LogP contribution in [0.4, 0.5) is 10.5 Å². The summed E-state index contributed by atoms with van der Waals surface area (Å²) < 4.78 is 11.0. The van der Waals surface area contributed by atoms with E-state index in [2.05, 4.69) is 10.6 Å². The Morgan fingerprint density at radius 2 is 2.26 bits per heavy atom. The Hall–Kier alpha value is -1.79.